The fourth-order valence-corrected chi connectivity index (χ4v) is 3.11. The van der Waals surface area contributed by atoms with Crippen molar-refractivity contribution in [2.75, 3.05) is 0 Å². The molecule has 0 aliphatic heterocycles. The molecule has 1 amide bonds. The van der Waals surface area contributed by atoms with Gasteiger partial charge in [0.1, 0.15) is 12.1 Å². The van der Waals surface area contributed by atoms with Crippen LogP contribution in [0.4, 0.5) is 0 Å². The number of aliphatic carboxylic acids is 1. The van der Waals surface area contributed by atoms with Gasteiger partial charge in [-0.25, -0.2) is 9.78 Å². The first-order valence-electron chi connectivity index (χ1n) is 9.25. The van der Waals surface area contributed by atoms with E-state index in [4.69, 9.17) is 0 Å². The minimum absolute atomic E-state index is 0.110. The predicted molar refractivity (Wildman–Crippen MR) is 104 cm³/mol. The Morgan fingerprint density at radius 1 is 1.22 bits per heavy atom. The Bertz CT molecular complexity index is 875. The third-order valence-electron chi connectivity index (χ3n) is 4.76. The first-order valence-corrected chi connectivity index (χ1v) is 9.25. The van der Waals surface area contributed by atoms with Crippen LogP contribution in [0.2, 0.25) is 0 Å². The molecule has 27 heavy (non-hydrogen) atoms. The van der Waals surface area contributed by atoms with Crippen LogP contribution in [0.1, 0.15) is 46.6 Å². The summed E-state index contributed by atoms with van der Waals surface area (Å²) in [6.07, 6.45) is 2.34. The molecule has 1 aromatic heterocycles. The second-order valence-corrected chi connectivity index (χ2v) is 7.33. The van der Waals surface area contributed by atoms with Gasteiger partial charge in [-0.1, -0.05) is 46.2 Å². The summed E-state index contributed by atoms with van der Waals surface area (Å²) in [5, 5.41) is 12.5. The van der Waals surface area contributed by atoms with Crippen molar-refractivity contribution >= 4 is 22.8 Å². The summed E-state index contributed by atoms with van der Waals surface area (Å²) in [5.41, 5.74) is 0.252. The number of aromatic nitrogens is 2. The highest BCUT2D eigenvalue weighted by Crippen LogP contribution is 2.21. The van der Waals surface area contributed by atoms with Crippen LogP contribution in [-0.4, -0.2) is 32.6 Å². The standard InChI is InChI=1S/C20H27N3O4/c1-5-13(4)17(18(24)22-16(20(26)27)10-12(2)3)23-11-21-15-9-7-6-8-14(15)19(23)25/h6-9,11-13,16-17H,5,10H2,1-4H3,(H,22,24)(H,26,27). The number of benzene rings is 1. The van der Waals surface area contributed by atoms with Crippen LogP contribution in [0.3, 0.4) is 0 Å². The number of hydrogen-bond donors (Lipinski definition) is 2. The van der Waals surface area contributed by atoms with E-state index in [1.54, 1.807) is 24.3 Å². The average molecular weight is 373 g/mol. The second-order valence-electron chi connectivity index (χ2n) is 7.33. The maximum atomic E-state index is 13.0. The van der Waals surface area contributed by atoms with Gasteiger partial charge in [0.15, 0.2) is 0 Å². The van der Waals surface area contributed by atoms with Crippen molar-refractivity contribution in [1.29, 1.82) is 0 Å². The van der Waals surface area contributed by atoms with Crippen LogP contribution in [-0.2, 0) is 9.59 Å². The molecule has 146 valence electrons. The lowest BCUT2D eigenvalue weighted by atomic mass is 9.96. The number of amides is 1. The Labute approximate surface area is 158 Å². The van der Waals surface area contributed by atoms with Gasteiger partial charge < -0.3 is 10.4 Å². The molecule has 0 aliphatic carbocycles. The van der Waals surface area contributed by atoms with Gasteiger partial charge in [0, 0.05) is 0 Å². The first-order chi connectivity index (χ1) is 12.8. The summed E-state index contributed by atoms with van der Waals surface area (Å²) in [7, 11) is 0. The van der Waals surface area contributed by atoms with Gasteiger partial charge in [-0.05, 0) is 30.4 Å². The molecule has 2 aromatic rings. The number of carbonyl (C=O) groups is 2. The van der Waals surface area contributed by atoms with Gasteiger partial charge >= 0.3 is 5.97 Å². The second kappa shape index (κ2) is 8.79. The predicted octanol–water partition coefficient (Wildman–Crippen LogP) is 2.60. The van der Waals surface area contributed by atoms with Crippen molar-refractivity contribution in [3.8, 4) is 0 Å². The van der Waals surface area contributed by atoms with E-state index in [1.807, 2.05) is 27.7 Å². The number of nitrogens with one attached hydrogen (secondary N) is 1. The van der Waals surface area contributed by atoms with Crippen LogP contribution >= 0.6 is 0 Å². The molecule has 2 rings (SSSR count). The third-order valence-corrected chi connectivity index (χ3v) is 4.76. The molecule has 0 fully saturated rings. The van der Waals surface area contributed by atoms with E-state index in [9.17, 15) is 19.5 Å². The topological polar surface area (TPSA) is 101 Å². The maximum absolute atomic E-state index is 13.0. The highest BCUT2D eigenvalue weighted by atomic mass is 16.4. The SMILES string of the molecule is CCC(C)C(C(=O)NC(CC(C)C)C(=O)O)n1cnc2ccccc2c1=O. The molecule has 3 atom stereocenters. The number of hydrogen-bond acceptors (Lipinski definition) is 4. The van der Waals surface area contributed by atoms with E-state index in [0.29, 0.717) is 23.7 Å². The molecule has 3 unspecified atom stereocenters. The van der Waals surface area contributed by atoms with Gasteiger partial charge in [0.25, 0.3) is 5.56 Å². The lowest BCUT2D eigenvalue weighted by Gasteiger charge is -2.26. The quantitative estimate of drug-likeness (QED) is 0.741. The molecule has 0 radical (unpaired) electrons. The van der Waals surface area contributed by atoms with E-state index in [2.05, 4.69) is 10.3 Å². The molecule has 1 aromatic carbocycles. The average Bonchev–Trinajstić information content (AvgIpc) is 2.62. The Balaban J connectivity index is 2.44. The number of carboxylic acid groups (broad SMARTS) is 1. The zero-order chi connectivity index (χ0) is 20.1. The molecule has 1 heterocycles. The van der Waals surface area contributed by atoms with Gasteiger partial charge in [-0.15, -0.1) is 0 Å². The van der Waals surface area contributed by atoms with Crippen LogP contribution in [0.15, 0.2) is 35.4 Å². The zero-order valence-electron chi connectivity index (χ0n) is 16.2. The summed E-state index contributed by atoms with van der Waals surface area (Å²) < 4.78 is 1.32. The van der Waals surface area contributed by atoms with Crippen LogP contribution in [0.25, 0.3) is 10.9 Å². The first kappa shape index (κ1) is 20.6. The van der Waals surface area contributed by atoms with E-state index in [0.717, 1.165) is 0 Å². The molecule has 0 spiro atoms. The normalized spacial score (nSPS) is 14.7. The van der Waals surface area contributed by atoms with E-state index >= 15 is 0 Å². The minimum atomic E-state index is -1.08. The lowest BCUT2D eigenvalue weighted by Crippen LogP contribution is -2.47. The van der Waals surface area contributed by atoms with Gasteiger partial charge in [-0.3, -0.25) is 14.2 Å². The van der Waals surface area contributed by atoms with Crippen molar-refractivity contribution < 1.29 is 14.7 Å². The highest BCUT2D eigenvalue weighted by molar-refractivity contribution is 5.86. The largest absolute Gasteiger partial charge is 0.480 e. The zero-order valence-corrected chi connectivity index (χ0v) is 16.2. The van der Waals surface area contributed by atoms with Crippen molar-refractivity contribution in [3.05, 3.63) is 40.9 Å². The lowest BCUT2D eigenvalue weighted by molar-refractivity contribution is -0.143. The summed E-state index contributed by atoms with van der Waals surface area (Å²) >= 11 is 0. The number of fused-ring (bicyclic) bond motifs is 1. The number of rotatable bonds is 8. The Morgan fingerprint density at radius 3 is 2.48 bits per heavy atom. The van der Waals surface area contributed by atoms with E-state index in [-0.39, 0.29) is 17.4 Å². The minimum Gasteiger partial charge on any atom is -0.480 e. The number of carbonyl (C=O) groups excluding carboxylic acids is 1. The highest BCUT2D eigenvalue weighted by Gasteiger charge is 2.31. The fraction of sp³-hybridized carbons (Fsp3) is 0.500. The Hall–Kier alpha value is -2.70. The van der Waals surface area contributed by atoms with E-state index in [1.165, 1.54) is 10.9 Å². The molecule has 0 saturated carbocycles. The molecular formula is C20H27N3O4. The number of carboxylic acids is 1. The molecule has 0 bridgehead atoms. The smallest absolute Gasteiger partial charge is 0.326 e. The maximum Gasteiger partial charge on any atom is 0.326 e. The van der Waals surface area contributed by atoms with Gasteiger partial charge in [-0.2, -0.15) is 0 Å². The summed E-state index contributed by atoms with van der Waals surface area (Å²) in [6.45, 7) is 7.58. The fourth-order valence-electron chi connectivity index (χ4n) is 3.11. The molecule has 2 N–H and O–H groups in total. The molecule has 7 nitrogen and oxygen atoms in total. The van der Waals surface area contributed by atoms with Crippen molar-refractivity contribution in [3.63, 3.8) is 0 Å². The van der Waals surface area contributed by atoms with Gasteiger partial charge in [0.2, 0.25) is 5.91 Å². The van der Waals surface area contributed by atoms with Crippen LogP contribution < -0.4 is 10.9 Å². The number of nitrogens with zero attached hydrogens (tertiary/aromatic N) is 2. The van der Waals surface area contributed by atoms with Crippen molar-refractivity contribution in [2.45, 2.75) is 52.6 Å². The van der Waals surface area contributed by atoms with Crippen molar-refractivity contribution in [1.82, 2.24) is 14.9 Å². The van der Waals surface area contributed by atoms with Crippen LogP contribution in [0.5, 0.6) is 0 Å². The van der Waals surface area contributed by atoms with E-state index < -0.39 is 24.0 Å². The van der Waals surface area contributed by atoms with Gasteiger partial charge in [0.05, 0.1) is 17.2 Å². The summed E-state index contributed by atoms with van der Waals surface area (Å²) in [6, 6.07) is 5.13. The molecule has 0 aliphatic rings. The Morgan fingerprint density at radius 2 is 1.89 bits per heavy atom. The summed E-state index contributed by atoms with van der Waals surface area (Å²) in [5.74, 6) is -1.61. The molecular weight excluding hydrogens is 346 g/mol. The van der Waals surface area contributed by atoms with Crippen LogP contribution in [0, 0.1) is 11.8 Å². The molecule has 7 heteroatoms. The Kier molecular flexibility index (Phi) is 6.71. The molecule has 0 saturated heterocycles. The third kappa shape index (κ3) is 4.72. The van der Waals surface area contributed by atoms with Crippen molar-refractivity contribution in [2.24, 2.45) is 11.8 Å². The monoisotopic (exact) mass is 373 g/mol. The summed E-state index contributed by atoms with van der Waals surface area (Å²) in [4.78, 5) is 41.7. The number of para-hydroxylation sites is 1.